The summed E-state index contributed by atoms with van der Waals surface area (Å²) in [4.78, 5) is 13.1. The number of anilines is 1. The van der Waals surface area contributed by atoms with E-state index < -0.39 is 5.97 Å². The molecule has 0 unspecified atom stereocenters. The van der Waals surface area contributed by atoms with Crippen molar-refractivity contribution in [1.82, 2.24) is 0 Å². The van der Waals surface area contributed by atoms with E-state index in [1.54, 1.807) is 6.07 Å². The van der Waals surface area contributed by atoms with E-state index in [2.05, 4.69) is 11.8 Å². The summed E-state index contributed by atoms with van der Waals surface area (Å²) in [5.74, 6) is -0.859. The first-order valence-electron chi connectivity index (χ1n) is 6.11. The van der Waals surface area contributed by atoms with Gasteiger partial charge in [0.25, 0.3) is 0 Å². The lowest BCUT2D eigenvalue weighted by atomic mass is 10.1. The number of benzene rings is 1. The summed E-state index contributed by atoms with van der Waals surface area (Å²) in [6, 6.07) is 5.50. The smallest absolute Gasteiger partial charge is 0.335 e. The maximum absolute atomic E-state index is 10.9. The van der Waals surface area contributed by atoms with Gasteiger partial charge < -0.3 is 10.0 Å². The van der Waals surface area contributed by atoms with Crippen LogP contribution in [0.1, 0.15) is 42.1 Å². The molecule has 3 nitrogen and oxygen atoms in total. The summed E-state index contributed by atoms with van der Waals surface area (Å²) in [5.41, 5.74) is 2.29. The minimum atomic E-state index is -0.859. The van der Waals surface area contributed by atoms with Gasteiger partial charge in [-0.05, 0) is 37.1 Å². The molecule has 0 saturated carbocycles. The van der Waals surface area contributed by atoms with Crippen LogP contribution in [0, 0.1) is 6.92 Å². The monoisotopic (exact) mass is 235 g/mol. The molecule has 3 heteroatoms. The molecule has 0 bridgehead atoms. The molecule has 1 rings (SSSR count). The van der Waals surface area contributed by atoms with Crippen LogP contribution in [0.2, 0.25) is 0 Å². The van der Waals surface area contributed by atoms with E-state index in [1.807, 2.05) is 26.1 Å². The van der Waals surface area contributed by atoms with Crippen molar-refractivity contribution in [3.05, 3.63) is 29.3 Å². The van der Waals surface area contributed by atoms with E-state index in [1.165, 1.54) is 19.3 Å². The van der Waals surface area contributed by atoms with E-state index in [-0.39, 0.29) is 0 Å². The molecule has 0 atom stereocenters. The van der Waals surface area contributed by atoms with Gasteiger partial charge in [0.05, 0.1) is 5.56 Å². The van der Waals surface area contributed by atoms with Crippen LogP contribution < -0.4 is 4.90 Å². The summed E-state index contributed by atoms with van der Waals surface area (Å²) < 4.78 is 0. The standard InChI is InChI=1S/C14H21NO2/c1-4-5-6-9-15(3)12-7-8-13(14(16)17)11(2)10-12/h7-8,10H,4-6,9H2,1-3H3,(H,16,17). The summed E-state index contributed by atoms with van der Waals surface area (Å²) in [6.45, 7) is 5.04. The Morgan fingerprint density at radius 2 is 2.06 bits per heavy atom. The second-order valence-electron chi connectivity index (χ2n) is 4.43. The molecule has 0 heterocycles. The number of nitrogens with zero attached hydrogens (tertiary/aromatic N) is 1. The third-order valence-electron chi connectivity index (χ3n) is 2.98. The molecule has 17 heavy (non-hydrogen) atoms. The zero-order chi connectivity index (χ0) is 12.8. The molecular formula is C14H21NO2. The molecule has 0 saturated heterocycles. The number of carboxylic acid groups (broad SMARTS) is 1. The third-order valence-corrected chi connectivity index (χ3v) is 2.98. The number of rotatable bonds is 6. The highest BCUT2D eigenvalue weighted by atomic mass is 16.4. The lowest BCUT2D eigenvalue weighted by Gasteiger charge is -2.20. The zero-order valence-electron chi connectivity index (χ0n) is 10.9. The Balaban J connectivity index is 2.72. The van der Waals surface area contributed by atoms with Crippen LogP contribution in [0.4, 0.5) is 5.69 Å². The molecular weight excluding hydrogens is 214 g/mol. The first-order valence-corrected chi connectivity index (χ1v) is 6.11. The van der Waals surface area contributed by atoms with Crippen molar-refractivity contribution in [1.29, 1.82) is 0 Å². The van der Waals surface area contributed by atoms with Crippen LogP contribution in [0.3, 0.4) is 0 Å². The number of hydrogen-bond acceptors (Lipinski definition) is 2. The largest absolute Gasteiger partial charge is 0.478 e. The average molecular weight is 235 g/mol. The fourth-order valence-electron chi connectivity index (χ4n) is 1.85. The Morgan fingerprint density at radius 1 is 1.35 bits per heavy atom. The van der Waals surface area contributed by atoms with Gasteiger partial charge >= 0.3 is 5.97 Å². The quantitative estimate of drug-likeness (QED) is 0.769. The minimum absolute atomic E-state index is 0.385. The topological polar surface area (TPSA) is 40.5 Å². The highest BCUT2D eigenvalue weighted by Crippen LogP contribution is 2.18. The summed E-state index contributed by atoms with van der Waals surface area (Å²) >= 11 is 0. The Morgan fingerprint density at radius 3 is 2.59 bits per heavy atom. The van der Waals surface area contributed by atoms with Crippen molar-refractivity contribution in [2.24, 2.45) is 0 Å². The fraction of sp³-hybridized carbons (Fsp3) is 0.500. The van der Waals surface area contributed by atoms with Crippen LogP contribution >= 0.6 is 0 Å². The highest BCUT2D eigenvalue weighted by Gasteiger charge is 2.08. The van der Waals surface area contributed by atoms with Crippen LogP contribution in [0.25, 0.3) is 0 Å². The summed E-state index contributed by atoms with van der Waals surface area (Å²) in [5, 5.41) is 8.95. The van der Waals surface area contributed by atoms with E-state index in [9.17, 15) is 4.79 Å². The number of unbranched alkanes of at least 4 members (excludes halogenated alkanes) is 2. The summed E-state index contributed by atoms with van der Waals surface area (Å²) in [7, 11) is 2.05. The molecule has 1 aromatic rings. The predicted octanol–water partition coefficient (Wildman–Crippen LogP) is 3.32. The second-order valence-corrected chi connectivity index (χ2v) is 4.43. The number of aromatic carboxylic acids is 1. The van der Waals surface area contributed by atoms with Gasteiger partial charge in [0, 0.05) is 19.3 Å². The normalized spacial score (nSPS) is 10.3. The molecule has 0 radical (unpaired) electrons. The van der Waals surface area contributed by atoms with Crippen LogP contribution in [-0.2, 0) is 0 Å². The second kappa shape index (κ2) is 6.28. The van der Waals surface area contributed by atoms with Crippen molar-refractivity contribution in [2.45, 2.75) is 33.1 Å². The number of carboxylic acids is 1. The number of aryl methyl sites for hydroxylation is 1. The van der Waals surface area contributed by atoms with Crippen molar-refractivity contribution in [2.75, 3.05) is 18.5 Å². The molecule has 0 amide bonds. The molecule has 0 aliphatic rings. The van der Waals surface area contributed by atoms with Gasteiger partial charge in [-0.2, -0.15) is 0 Å². The molecule has 1 N–H and O–H groups in total. The predicted molar refractivity (Wildman–Crippen MR) is 70.9 cm³/mol. The van der Waals surface area contributed by atoms with Crippen molar-refractivity contribution < 1.29 is 9.90 Å². The lowest BCUT2D eigenvalue weighted by molar-refractivity contribution is 0.0696. The molecule has 0 spiro atoms. The molecule has 1 aromatic carbocycles. The van der Waals surface area contributed by atoms with Crippen LogP contribution in [0.15, 0.2) is 18.2 Å². The Kier molecular flexibility index (Phi) is 5.01. The van der Waals surface area contributed by atoms with E-state index in [0.29, 0.717) is 5.56 Å². The first kappa shape index (κ1) is 13.6. The van der Waals surface area contributed by atoms with Gasteiger partial charge in [-0.1, -0.05) is 19.8 Å². The molecule has 0 aliphatic carbocycles. The summed E-state index contributed by atoms with van der Waals surface area (Å²) in [6.07, 6.45) is 3.62. The van der Waals surface area contributed by atoms with Gasteiger partial charge in [0.15, 0.2) is 0 Å². The van der Waals surface area contributed by atoms with Crippen molar-refractivity contribution >= 4 is 11.7 Å². The fourth-order valence-corrected chi connectivity index (χ4v) is 1.85. The van der Waals surface area contributed by atoms with Crippen LogP contribution in [-0.4, -0.2) is 24.7 Å². The Labute approximate surface area is 103 Å². The zero-order valence-corrected chi connectivity index (χ0v) is 10.9. The molecule has 0 fully saturated rings. The Bertz CT molecular complexity index is 388. The Hall–Kier alpha value is -1.51. The van der Waals surface area contributed by atoms with Gasteiger partial charge in [-0.15, -0.1) is 0 Å². The number of hydrogen-bond donors (Lipinski definition) is 1. The van der Waals surface area contributed by atoms with E-state index in [4.69, 9.17) is 5.11 Å². The SMILES string of the molecule is CCCCCN(C)c1ccc(C(=O)O)c(C)c1. The van der Waals surface area contributed by atoms with Crippen LogP contribution in [0.5, 0.6) is 0 Å². The maximum atomic E-state index is 10.9. The molecule has 94 valence electrons. The van der Waals surface area contributed by atoms with Gasteiger partial charge in [-0.25, -0.2) is 4.79 Å². The van der Waals surface area contributed by atoms with Gasteiger partial charge in [-0.3, -0.25) is 0 Å². The van der Waals surface area contributed by atoms with E-state index in [0.717, 1.165) is 17.8 Å². The number of carbonyl (C=O) groups is 1. The lowest BCUT2D eigenvalue weighted by Crippen LogP contribution is -2.18. The highest BCUT2D eigenvalue weighted by molar-refractivity contribution is 5.89. The first-order chi connectivity index (χ1) is 8.06. The molecule has 0 aliphatic heterocycles. The third kappa shape index (κ3) is 3.77. The van der Waals surface area contributed by atoms with Crippen molar-refractivity contribution in [3.8, 4) is 0 Å². The van der Waals surface area contributed by atoms with E-state index >= 15 is 0 Å². The minimum Gasteiger partial charge on any atom is -0.478 e. The maximum Gasteiger partial charge on any atom is 0.335 e. The van der Waals surface area contributed by atoms with Gasteiger partial charge in [0.1, 0.15) is 0 Å². The van der Waals surface area contributed by atoms with Gasteiger partial charge in [0.2, 0.25) is 0 Å². The van der Waals surface area contributed by atoms with Crippen molar-refractivity contribution in [3.63, 3.8) is 0 Å². The average Bonchev–Trinajstić information content (AvgIpc) is 2.28. The molecule has 0 aromatic heterocycles.